The lowest BCUT2D eigenvalue weighted by atomic mass is 9.97. The Kier molecular flexibility index (Phi) is 7.37. The third-order valence-corrected chi connectivity index (χ3v) is 4.70. The molecule has 0 saturated heterocycles. The Bertz CT molecular complexity index is 785. The SMILES string of the molecule is CCOc1cc(O)c2c(c1)/C=C/C[C@H](O)[C@H](O)C(=O)/C=C\[C@@H](C)[C@H](C)NC2=O. The van der Waals surface area contributed by atoms with E-state index >= 15 is 0 Å². The van der Waals surface area contributed by atoms with Gasteiger partial charge in [-0.1, -0.05) is 25.2 Å². The van der Waals surface area contributed by atoms with Crippen LogP contribution in [0.5, 0.6) is 11.5 Å². The van der Waals surface area contributed by atoms with Gasteiger partial charge in [-0.2, -0.15) is 0 Å². The third-order valence-electron chi connectivity index (χ3n) is 4.70. The Morgan fingerprint density at radius 3 is 2.57 bits per heavy atom. The van der Waals surface area contributed by atoms with Crippen molar-refractivity contribution < 1.29 is 29.6 Å². The number of fused-ring (bicyclic) bond motifs is 1. The van der Waals surface area contributed by atoms with Crippen LogP contribution in [0.3, 0.4) is 0 Å². The number of benzene rings is 1. The zero-order chi connectivity index (χ0) is 20.8. The number of hydrogen-bond acceptors (Lipinski definition) is 6. The third kappa shape index (κ3) is 5.21. The van der Waals surface area contributed by atoms with Crippen LogP contribution in [-0.4, -0.2) is 51.9 Å². The van der Waals surface area contributed by atoms with Gasteiger partial charge in [-0.25, -0.2) is 0 Å². The second-order valence-corrected chi connectivity index (χ2v) is 6.87. The molecule has 0 aliphatic carbocycles. The van der Waals surface area contributed by atoms with Crippen molar-refractivity contribution in [1.82, 2.24) is 5.32 Å². The number of rotatable bonds is 2. The van der Waals surface area contributed by atoms with Crippen LogP contribution in [0.4, 0.5) is 0 Å². The average Bonchev–Trinajstić information content (AvgIpc) is 2.64. The zero-order valence-corrected chi connectivity index (χ0v) is 16.3. The molecular formula is C21H27NO6. The maximum absolute atomic E-state index is 12.8. The molecular weight excluding hydrogens is 362 g/mol. The van der Waals surface area contributed by atoms with E-state index in [1.54, 1.807) is 32.1 Å². The molecule has 0 saturated carbocycles. The van der Waals surface area contributed by atoms with Gasteiger partial charge in [-0.3, -0.25) is 9.59 Å². The number of nitrogens with one attached hydrogen (secondary N) is 1. The van der Waals surface area contributed by atoms with Gasteiger partial charge in [0.05, 0.1) is 18.3 Å². The Balaban J connectivity index is 2.50. The molecule has 0 aromatic heterocycles. The number of carbonyl (C=O) groups excluding carboxylic acids is 2. The van der Waals surface area contributed by atoms with Gasteiger partial charge in [0.1, 0.15) is 17.6 Å². The van der Waals surface area contributed by atoms with E-state index < -0.39 is 23.9 Å². The normalized spacial score (nSPS) is 28.6. The number of ether oxygens (including phenoxy) is 1. The van der Waals surface area contributed by atoms with E-state index in [0.717, 1.165) is 0 Å². The minimum atomic E-state index is -1.54. The summed E-state index contributed by atoms with van der Waals surface area (Å²) in [6.45, 7) is 5.77. The number of ketones is 1. The van der Waals surface area contributed by atoms with Crippen LogP contribution in [0, 0.1) is 5.92 Å². The van der Waals surface area contributed by atoms with E-state index in [9.17, 15) is 24.9 Å². The van der Waals surface area contributed by atoms with Gasteiger partial charge in [-0.05, 0) is 43.9 Å². The fraction of sp³-hybridized carbons (Fsp3) is 0.429. The fourth-order valence-corrected chi connectivity index (χ4v) is 2.83. The topological polar surface area (TPSA) is 116 Å². The van der Waals surface area contributed by atoms with E-state index in [2.05, 4.69) is 5.32 Å². The van der Waals surface area contributed by atoms with Gasteiger partial charge in [-0.15, -0.1) is 0 Å². The highest BCUT2D eigenvalue weighted by Gasteiger charge is 2.24. The summed E-state index contributed by atoms with van der Waals surface area (Å²) in [5, 5.41) is 33.3. The molecule has 1 heterocycles. The molecule has 0 bridgehead atoms. The number of aliphatic hydroxyl groups excluding tert-OH is 2. The van der Waals surface area contributed by atoms with Crippen LogP contribution in [0.15, 0.2) is 30.4 Å². The summed E-state index contributed by atoms with van der Waals surface area (Å²) >= 11 is 0. The number of phenolic OH excluding ortho intramolecular Hbond substituents is 1. The molecule has 0 radical (unpaired) electrons. The monoisotopic (exact) mass is 389 g/mol. The summed E-state index contributed by atoms with van der Waals surface area (Å²) in [7, 11) is 0. The van der Waals surface area contributed by atoms with Crippen LogP contribution in [-0.2, 0) is 4.79 Å². The standard InChI is InChI=1S/C21H27NO6/c1-4-28-15-10-14-6-5-7-16(23)20(26)17(24)9-8-12(2)13(3)22-21(27)19(14)18(25)11-15/h5-6,8-13,16,20,23,25-26H,4,7H2,1-3H3,(H,22,27)/b6-5+,9-8-/t12-,13+,16+,20+/m1/s1. The second kappa shape index (κ2) is 9.52. The molecule has 1 aromatic carbocycles. The van der Waals surface area contributed by atoms with E-state index in [1.807, 2.05) is 6.92 Å². The Morgan fingerprint density at radius 1 is 1.18 bits per heavy atom. The number of hydrogen-bond donors (Lipinski definition) is 4. The molecule has 2 rings (SSSR count). The van der Waals surface area contributed by atoms with Crippen LogP contribution in [0.1, 0.15) is 43.1 Å². The molecule has 0 unspecified atom stereocenters. The van der Waals surface area contributed by atoms with Crippen LogP contribution >= 0.6 is 0 Å². The predicted octanol–water partition coefficient (Wildman–Crippen LogP) is 1.81. The first-order chi connectivity index (χ1) is 13.2. The number of carbonyl (C=O) groups is 2. The molecule has 0 spiro atoms. The first kappa shape index (κ1) is 21.7. The number of aliphatic hydroxyl groups is 2. The van der Waals surface area contributed by atoms with Gasteiger partial charge >= 0.3 is 0 Å². The first-order valence-corrected chi connectivity index (χ1v) is 9.30. The Hall–Kier alpha value is -2.64. The summed E-state index contributed by atoms with van der Waals surface area (Å²) < 4.78 is 5.42. The van der Waals surface area contributed by atoms with Crippen LogP contribution in [0.25, 0.3) is 6.08 Å². The molecule has 28 heavy (non-hydrogen) atoms. The lowest BCUT2D eigenvalue weighted by Crippen LogP contribution is -2.37. The predicted molar refractivity (Wildman–Crippen MR) is 105 cm³/mol. The smallest absolute Gasteiger partial charge is 0.255 e. The number of phenols is 1. The summed E-state index contributed by atoms with van der Waals surface area (Å²) in [4.78, 5) is 24.8. The molecule has 152 valence electrons. The largest absolute Gasteiger partial charge is 0.507 e. The lowest BCUT2D eigenvalue weighted by molar-refractivity contribution is -0.127. The van der Waals surface area contributed by atoms with E-state index in [4.69, 9.17) is 4.74 Å². The number of aromatic hydroxyl groups is 1. The first-order valence-electron chi connectivity index (χ1n) is 9.30. The highest BCUT2D eigenvalue weighted by atomic mass is 16.5. The summed E-state index contributed by atoms with van der Waals surface area (Å²) in [5.41, 5.74) is 0.493. The van der Waals surface area contributed by atoms with Crippen molar-refractivity contribution in [3.8, 4) is 11.5 Å². The van der Waals surface area contributed by atoms with Crippen LogP contribution in [0.2, 0.25) is 0 Å². The van der Waals surface area contributed by atoms with Gasteiger partial charge in [0, 0.05) is 12.1 Å². The molecule has 4 N–H and O–H groups in total. The molecule has 1 aromatic rings. The number of amides is 1. The summed E-state index contributed by atoms with van der Waals surface area (Å²) in [5.74, 6) is -1.10. The molecule has 7 heteroatoms. The van der Waals surface area contributed by atoms with E-state index in [-0.39, 0.29) is 29.7 Å². The van der Waals surface area contributed by atoms with E-state index in [0.29, 0.717) is 17.9 Å². The lowest BCUT2D eigenvalue weighted by Gasteiger charge is -2.21. The van der Waals surface area contributed by atoms with Crippen molar-refractivity contribution in [2.75, 3.05) is 6.61 Å². The van der Waals surface area contributed by atoms with Crippen molar-refractivity contribution in [2.24, 2.45) is 5.92 Å². The molecule has 1 aliphatic heterocycles. The summed E-state index contributed by atoms with van der Waals surface area (Å²) in [6.07, 6.45) is 3.04. The van der Waals surface area contributed by atoms with Crippen molar-refractivity contribution in [3.05, 3.63) is 41.5 Å². The van der Waals surface area contributed by atoms with Crippen molar-refractivity contribution in [1.29, 1.82) is 0 Å². The van der Waals surface area contributed by atoms with Gasteiger partial charge in [0.15, 0.2) is 5.78 Å². The molecule has 1 amide bonds. The maximum atomic E-state index is 12.8. The maximum Gasteiger partial charge on any atom is 0.255 e. The molecule has 0 fully saturated rings. The van der Waals surface area contributed by atoms with E-state index in [1.165, 1.54) is 18.2 Å². The quantitative estimate of drug-likeness (QED) is 0.613. The summed E-state index contributed by atoms with van der Waals surface area (Å²) in [6, 6.07) is 2.65. The van der Waals surface area contributed by atoms with Crippen molar-refractivity contribution >= 4 is 17.8 Å². The van der Waals surface area contributed by atoms with Gasteiger partial charge in [0.25, 0.3) is 5.91 Å². The molecule has 7 nitrogen and oxygen atoms in total. The molecule has 4 atom stereocenters. The minimum absolute atomic E-state index is 0.00656. The minimum Gasteiger partial charge on any atom is -0.507 e. The van der Waals surface area contributed by atoms with Crippen molar-refractivity contribution in [3.63, 3.8) is 0 Å². The zero-order valence-electron chi connectivity index (χ0n) is 16.3. The second-order valence-electron chi connectivity index (χ2n) is 6.87. The highest BCUT2D eigenvalue weighted by molar-refractivity contribution is 6.01. The van der Waals surface area contributed by atoms with Gasteiger partial charge < -0.3 is 25.4 Å². The highest BCUT2D eigenvalue weighted by Crippen LogP contribution is 2.29. The van der Waals surface area contributed by atoms with Gasteiger partial charge in [0.2, 0.25) is 0 Å². The van der Waals surface area contributed by atoms with Crippen LogP contribution < -0.4 is 10.1 Å². The molecule has 1 aliphatic rings. The fourth-order valence-electron chi connectivity index (χ4n) is 2.83. The van der Waals surface area contributed by atoms with Crippen molar-refractivity contribution in [2.45, 2.75) is 45.4 Å². The Labute approximate surface area is 164 Å². The Morgan fingerprint density at radius 2 is 1.89 bits per heavy atom. The average molecular weight is 389 g/mol.